The lowest BCUT2D eigenvalue weighted by molar-refractivity contribution is 0.552. The van der Waals surface area contributed by atoms with Gasteiger partial charge in [-0.05, 0) is 59.6 Å². The summed E-state index contributed by atoms with van der Waals surface area (Å²) < 4.78 is 26.2. The molecule has 2 rings (SSSR count). The van der Waals surface area contributed by atoms with Crippen LogP contribution in [0, 0.1) is 6.92 Å². The largest absolute Gasteiger partial charge is 0.366 e. The number of hydrogen-bond donors (Lipinski definition) is 0. The lowest BCUT2D eigenvalue weighted by Crippen LogP contribution is -2.14. The minimum absolute atomic E-state index is 0.0914. The van der Waals surface area contributed by atoms with E-state index in [9.17, 15) is 8.42 Å². The van der Waals surface area contributed by atoms with Crippen molar-refractivity contribution in [3.05, 3.63) is 51.5 Å². The topological polar surface area (TPSA) is 49.7 Å². The fraction of sp³-hybridized carbons (Fsp3) is 0.235. The molecule has 0 bridgehead atoms. The molecule has 0 fully saturated rings. The van der Waals surface area contributed by atoms with Crippen LogP contribution in [0.1, 0.15) is 12.5 Å². The van der Waals surface area contributed by atoms with Gasteiger partial charge < -0.3 is 4.90 Å². The fourth-order valence-electron chi connectivity index (χ4n) is 2.01. The minimum Gasteiger partial charge on any atom is -0.366 e. The van der Waals surface area contributed by atoms with Gasteiger partial charge in [-0.2, -0.15) is 0 Å². The average molecular weight is 430 g/mol. The van der Waals surface area contributed by atoms with Gasteiger partial charge in [0.25, 0.3) is 0 Å². The van der Waals surface area contributed by atoms with Crippen molar-refractivity contribution in [3.63, 3.8) is 0 Å². The molecule has 24 heavy (non-hydrogen) atoms. The molecule has 0 heterocycles. The quantitative estimate of drug-likeness (QED) is 0.504. The molecule has 0 spiro atoms. The van der Waals surface area contributed by atoms with E-state index in [-0.39, 0.29) is 14.8 Å². The van der Waals surface area contributed by atoms with Gasteiger partial charge in [-0.3, -0.25) is 0 Å². The van der Waals surface area contributed by atoms with Crippen molar-refractivity contribution in [2.24, 2.45) is 4.99 Å². The molecule has 0 aromatic heterocycles. The smallest absolute Gasteiger partial charge is 0.209 e. The van der Waals surface area contributed by atoms with Crippen molar-refractivity contribution in [2.75, 3.05) is 13.6 Å². The number of hydrogen-bond acceptors (Lipinski definition) is 3. The van der Waals surface area contributed by atoms with Crippen molar-refractivity contribution in [1.82, 2.24) is 4.90 Å². The second-order valence-electron chi connectivity index (χ2n) is 5.32. The first-order chi connectivity index (χ1) is 11.3. The highest BCUT2D eigenvalue weighted by molar-refractivity contribution is 9.10. The maximum atomic E-state index is 12.9. The number of benzene rings is 2. The van der Waals surface area contributed by atoms with Crippen LogP contribution < -0.4 is 0 Å². The maximum Gasteiger partial charge on any atom is 0.209 e. The molecule has 0 saturated heterocycles. The van der Waals surface area contributed by atoms with E-state index in [0.717, 1.165) is 12.1 Å². The molecule has 4 nitrogen and oxygen atoms in total. The van der Waals surface area contributed by atoms with Gasteiger partial charge in [0.05, 0.1) is 26.8 Å². The highest BCUT2D eigenvalue weighted by atomic mass is 79.9. The zero-order chi connectivity index (χ0) is 17.9. The first-order valence-electron chi connectivity index (χ1n) is 7.31. The van der Waals surface area contributed by atoms with Gasteiger partial charge in [-0.25, -0.2) is 13.4 Å². The Morgan fingerprint density at radius 1 is 1.25 bits per heavy atom. The summed E-state index contributed by atoms with van der Waals surface area (Å²) >= 11 is 9.41. The molecule has 0 aliphatic carbocycles. The summed E-state index contributed by atoms with van der Waals surface area (Å²) in [7, 11) is -1.80. The summed E-state index contributed by atoms with van der Waals surface area (Å²) in [4.78, 5) is 6.60. The van der Waals surface area contributed by atoms with Crippen LogP contribution in [0.25, 0.3) is 0 Å². The summed E-state index contributed by atoms with van der Waals surface area (Å²) in [5, 5.41) is 0.203. The van der Waals surface area contributed by atoms with Gasteiger partial charge in [-0.15, -0.1) is 0 Å². The minimum atomic E-state index is -3.72. The van der Waals surface area contributed by atoms with Crippen LogP contribution in [0.5, 0.6) is 0 Å². The van der Waals surface area contributed by atoms with E-state index in [4.69, 9.17) is 11.6 Å². The molecule has 0 aliphatic heterocycles. The molecular weight excluding hydrogens is 412 g/mol. The highest BCUT2D eigenvalue weighted by Crippen LogP contribution is 2.35. The van der Waals surface area contributed by atoms with Crippen LogP contribution in [0.4, 0.5) is 5.69 Å². The molecule has 0 N–H and O–H groups in total. The molecule has 0 aliphatic rings. The normalized spacial score (nSPS) is 11.9. The zero-order valence-corrected chi connectivity index (χ0v) is 16.8. The third kappa shape index (κ3) is 3.99. The molecule has 2 aromatic carbocycles. The Morgan fingerprint density at radius 2 is 1.92 bits per heavy atom. The Kier molecular flexibility index (Phi) is 6.06. The number of halogens is 2. The summed E-state index contributed by atoms with van der Waals surface area (Å²) in [6.07, 6.45) is 1.72. The predicted molar refractivity (Wildman–Crippen MR) is 102 cm³/mol. The Labute approximate surface area is 156 Å². The third-order valence-corrected chi connectivity index (χ3v) is 6.77. The van der Waals surface area contributed by atoms with E-state index in [1.165, 1.54) is 6.07 Å². The van der Waals surface area contributed by atoms with Gasteiger partial charge in [-0.1, -0.05) is 23.7 Å². The van der Waals surface area contributed by atoms with Crippen LogP contribution >= 0.6 is 27.5 Å². The summed E-state index contributed by atoms with van der Waals surface area (Å²) in [5.41, 5.74) is 1.48. The highest BCUT2D eigenvalue weighted by Gasteiger charge is 2.24. The Hall–Kier alpha value is -1.37. The molecular formula is C17H18BrClN2O2S. The van der Waals surface area contributed by atoms with Gasteiger partial charge in [0.1, 0.15) is 0 Å². The second kappa shape index (κ2) is 7.68. The Balaban J connectivity index is 2.52. The van der Waals surface area contributed by atoms with Crippen molar-refractivity contribution in [2.45, 2.75) is 23.6 Å². The lowest BCUT2D eigenvalue weighted by Gasteiger charge is -2.12. The van der Waals surface area contributed by atoms with E-state index < -0.39 is 9.84 Å². The fourth-order valence-corrected chi connectivity index (χ4v) is 4.89. The molecule has 128 valence electrons. The average Bonchev–Trinajstić information content (AvgIpc) is 2.54. The number of aliphatic imine (C=N–C) groups is 1. The van der Waals surface area contributed by atoms with Gasteiger partial charge in [0.15, 0.2) is 0 Å². The standard InChI is InChI=1S/C17H18BrClN2O2S/c1-4-21(3)11-20-15-10-13(18)17(9-12(15)2)24(22,23)16-8-6-5-7-14(16)19/h5-11H,4H2,1-3H3. The predicted octanol–water partition coefficient (Wildman–Crippen LogP) is 4.86. The molecule has 0 saturated carbocycles. The van der Waals surface area contributed by atoms with Crippen LogP contribution in [-0.4, -0.2) is 33.2 Å². The number of rotatable bonds is 5. The van der Waals surface area contributed by atoms with E-state index in [0.29, 0.717) is 10.2 Å². The lowest BCUT2D eigenvalue weighted by atomic mass is 10.2. The summed E-state index contributed by atoms with van der Waals surface area (Å²) in [6.45, 7) is 4.69. The molecule has 0 atom stereocenters. The van der Waals surface area contributed by atoms with Gasteiger partial charge >= 0.3 is 0 Å². The monoisotopic (exact) mass is 428 g/mol. The first-order valence-corrected chi connectivity index (χ1v) is 9.97. The van der Waals surface area contributed by atoms with E-state index in [1.54, 1.807) is 36.7 Å². The first kappa shape index (κ1) is 19.0. The van der Waals surface area contributed by atoms with Crippen LogP contribution in [0.2, 0.25) is 5.02 Å². The van der Waals surface area contributed by atoms with Gasteiger partial charge in [0, 0.05) is 18.1 Å². The summed E-state index contributed by atoms with van der Waals surface area (Å²) in [5.74, 6) is 0. The third-order valence-electron chi connectivity index (χ3n) is 3.56. The number of nitrogens with zero attached hydrogens (tertiary/aromatic N) is 2. The van der Waals surface area contributed by atoms with E-state index in [1.807, 2.05) is 25.8 Å². The van der Waals surface area contributed by atoms with E-state index >= 15 is 0 Å². The second-order valence-corrected chi connectivity index (χ2v) is 8.47. The zero-order valence-electron chi connectivity index (χ0n) is 13.6. The summed E-state index contributed by atoms with van der Waals surface area (Å²) in [6, 6.07) is 9.74. The molecule has 0 radical (unpaired) electrons. The molecule has 2 aromatic rings. The van der Waals surface area contributed by atoms with Crippen molar-refractivity contribution in [1.29, 1.82) is 0 Å². The van der Waals surface area contributed by atoms with Crippen molar-refractivity contribution >= 4 is 49.4 Å². The molecule has 0 amide bonds. The van der Waals surface area contributed by atoms with Crippen molar-refractivity contribution < 1.29 is 8.42 Å². The Morgan fingerprint density at radius 3 is 2.54 bits per heavy atom. The Bertz CT molecular complexity index is 882. The molecule has 0 unspecified atom stereocenters. The maximum absolute atomic E-state index is 12.9. The molecule has 7 heteroatoms. The number of sulfone groups is 1. The van der Waals surface area contributed by atoms with Gasteiger partial charge in [0.2, 0.25) is 9.84 Å². The SMILES string of the molecule is CCN(C)C=Nc1cc(Br)c(S(=O)(=O)c2ccccc2Cl)cc1C. The van der Waals surface area contributed by atoms with Crippen molar-refractivity contribution in [3.8, 4) is 0 Å². The van der Waals surface area contributed by atoms with Crippen LogP contribution in [0.3, 0.4) is 0 Å². The number of aryl methyl sites for hydroxylation is 1. The van der Waals surface area contributed by atoms with Crippen LogP contribution in [-0.2, 0) is 9.84 Å². The van der Waals surface area contributed by atoms with E-state index in [2.05, 4.69) is 20.9 Å². The van der Waals surface area contributed by atoms with Crippen LogP contribution in [0.15, 0.2) is 55.7 Å².